The Morgan fingerprint density at radius 1 is 1.13 bits per heavy atom. The van der Waals surface area contributed by atoms with E-state index >= 15 is 0 Å². The number of carboxylic acid groups (broad SMARTS) is 1. The van der Waals surface area contributed by atoms with Crippen LogP contribution in [0.2, 0.25) is 10.0 Å². The molecule has 0 saturated carbocycles. The first kappa shape index (κ1) is 23.1. The fraction of sp³-hybridized carbons (Fsp3) is 0.273. The topological polar surface area (TPSA) is 110 Å². The number of hydrogen-bond acceptors (Lipinski definition) is 5. The van der Waals surface area contributed by atoms with Crippen LogP contribution in [0.3, 0.4) is 0 Å². The van der Waals surface area contributed by atoms with Crippen molar-refractivity contribution in [3.8, 4) is 0 Å². The summed E-state index contributed by atoms with van der Waals surface area (Å²) in [5, 5.41) is 33.5. The van der Waals surface area contributed by atoms with Gasteiger partial charge in [0.1, 0.15) is 5.76 Å². The summed E-state index contributed by atoms with van der Waals surface area (Å²) in [5.41, 5.74) is 1.64. The molecule has 0 aromatic heterocycles. The fourth-order valence-corrected chi connectivity index (χ4v) is 3.73. The molecule has 164 valence electrons. The standard InChI is InChI=1S/C22H22Cl2N2O5/c23-17-8-7-13(10-18(17)24)4-3-9-25-20(28)16-12-26(21(29)19(16)27)11-14-5-1-2-6-15(14)22(30)31/h1-2,5-8,10,21,27,29H,3-4,9,11-12H2,(H,25,28)(H,30,31). The van der Waals surface area contributed by atoms with Crippen LogP contribution in [0.4, 0.5) is 0 Å². The van der Waals surface area contributed by atoms with Crippen LogP contribution >= 0.6 is 23.2 Å². The smallest absolute Gasteiger partial charge is 0.336 e. The SMILES string of the molecule is O=C(NCCCc1ccc(Cl)c(Cl)c1)C1=C(O)C(O)N(Cc2ccccc2C(=O)O)C1. The largest absolute Gasteiger partial charge is 0.508 e. The molecule has 31 heavy (non-hydrogen) atoms. The second-order valence-corrected chi connectivity index (χ2v) is 8.03. The van der Waals surface area contributed by atoms with Crippen molar-refractivity contribution in [2.75, 3.05) is 13.1 Å². The molecule has 1 amide bonds. The summed E-state index contributed by atoms with van der Waals surface area (Å²) in [4.78, 5) is 25.3. The molecule has 2 aromatic rings. The lowest BCUT2D eigenvalue weighted by molar-refractivity contribution is -0.117. The molecule has 1 atom stereocenters. The van der Waals surface area contributed by atoms with Crippen LogP contribution < -0.4 is 5.32 Å². The molecule has 3 rings (SSSR count). The molecule has 1 heterocycles. The van der Waals surface area contributed by atoms with Gasteiger partial charge in [-0.2, -0.15) is 0 Å². The van der Waals surface area contributed by atoms with Gasteiger partial charge in [-0.25, -0.2) is 4.79 Å². The van der Waals surface area contributed by atoms with E-state index in [0.29, 0.717) is 35.0 Å². The molecule has 0 saturated heterocycles. The maximum atomic E-state index is 12.5. The Labute approximate surface area is 189 Å². The molecule has 0 spiro atoms. The van der Waals surface area contributed by atoms with Gasteiger partial charge in [-0.15, -0.1) is 0 Å². The highest BCUT2D eigenvalue weighted by molar-refractivity contribution is 6.42. The maximum Gasteiger partial charge on any atom is 0.336 e. The number of hydrogen-bond donors (Lipinski definition) is 4. The Balaban J connectivity index is 1.54. The van der Waals surface area contributed by atoms with Gasteiger partial charge in [-0.3, -0.25) is 9.69 Å². The maximum absolute atomic E-state index is 12.5. The van der Waals surface area contributed by atoms with Crippen molar-refractivity contribution in [3.05, 3.63) is 80.5 Å². The number of carboxylic acids is 1. The van der Waals surface area contributed by atoms with Gasteiger partial charge in [0.05, 0.1) is 21.2 Å². The highest BCUT2D eigenvalue weighted by Gasteiger charge is 2.35. The van der Waals surface area contributed by atoms with Crippen LogP contribution in [0, 0.1) is 0 Å². The molecule has 1 aliphatic rings. The van der Waals surface area contributed by atoms with E-state index < -0.39 is 23.9 Å². The minimum Gasteiger partial charge on any atom is -0.508 e. The minimum absolute atomic E-state index is 0.000418. The zero-order chi connectivity index (χ0) is 22.5. The second-order valence-electron chi connectivity index (χ2n) is 7.21. The number of nitrogens with zero attached hydrogens (tertiary/aromatic N) is 1. The average molecular weight is 465 g/mol. The predicted molar refractivity (Wildman–Crippen MR) is 117 cm³/mol. The number of aryl methyl sites for hydroxylation is 1. The molecule has 1 aliphatic heterocycles. The molecule has 0 bridgehead atoms. The summed E-state index contributed by atoms with van der Waals surface area (Å²) in [6.45, 7) is 0.440. The van der Waals surface area contributed by atoms with E-state index in [1.165, 1.54) is 11.0 Å². The number of amides is 1. The molecule has 2 aromatic carbocycles. The number of carbonyl (C=O) groups excluding carboxylic acids is 1. The molecule has 7 nitrogen and oxygen atoms in total. The first-order valence-electron chi connectivity index (χ1n) is 9.65. The van der Waals surface area contributed by atoms with E-state index in [1.54, 1.807) is 30.3 Å². The van der Waals surface area contributed by atoms with E-state index in [-0.39, 0.29) is 24.2 Å². The van der Waals surface area contributed by atoms with Crippen molar-refractivity contribution in [3.63, 3.8) is 0 Å². The molecule has 0 aliphatic carbocycles. The van der Waals surface area contributed by atoms with Gasteiger partial charge in [-0.05, 0) is 42.2 Å². The summed E-state index contributed by atoms with van der Waals surface area (Å²) < 4.78 is 0. The van der Waals surface area contributed by atoms with Gasteiger partial charge in [0.25, 0.3) is 5.91 Å². The van der Waals surface area contributed by atoms with Gasteiger partial charge >= 0.3 is 5.97 Å². The third-order valence-electron chi connectivity index (χ3n) is 5.07. The summed E-state index contributed by atoms with van der Waals surface area (Å²) >= 11 is 11.9. The molecule has 0 fully saturated rings. The highest BCUT2D eigenvalue weighted by atomic mass is 35.5. The van der Waals surface area contributed by atoms with Crippen molar-refractivity contribution in [2.45, 2.75) is 25.6 Å². The zero-order valence-corrected chi connectivity index (χ0v) is 18.0. The summed E-state index contributed by atoms with van der Waals surface area (Å²) in [6.07, 6.45) is -0.0438. The third kappa shape index (κ3) is 5.57. The van der Waals surface area contributed by atoms with Crippen molar-refractivity contribution in [1.29, 1.82) is 0 Å². The van der Waals surface area contributed by atoms with E-state index in [4.69, 9.17) is 23.2 Å². The molecule has 0 radical (unpaired) electrons. The number of carbonyl (C=O) groups is 2. The van der Waals surface area contributed by atoms with Crippen molar-refractivity contribution in [2.24, 2.45) is 0 Å². The number of nitrogens with one attached hydrogen (secondary N) is 1. The van der Waals surface area contributed by atoms with Crippen LogP contribution in [0.15, 0.2) is 53.8 Å². The number of rotatable bonds is 8. The van der Waals surface area contributed by atoms with E-state index in [9.17, 15) is 24.9 Å². The lowest BCUT2D eigenvalue weighted by atomic mass is 10.1. The first-order valence-corrected chi connectivity index (χ1v) is 10.4. The second kappa shape index (κ2) is 10.2. The number of halogens is 2. The summed E-state index contributed by atoms with van der Waals surface area (Å²) in [7, 11) is 0. The Hall–Kier alpha value is -2.58. The fourth-order valence-electron chi connectivity index (χ4n) is 3.41. The van der Waals surface area contributed by atoms with Gasteiger partial charge in [0.2, 0.25) is 0 Å². The van der Waals surface area contributed by atoms with Crippen molar-refractivity contribution < 1.29 is 24.9 Å². The van der Waals surface area contributed by atoms with Crippen LogP contribution in [-0.2, 0) is 17.8 Å². The summed E-state index contributed by atoms with van der Waals surface area (Å²) in [5.74, 6) is -1.98. The minimum atomic E-state index is -1.38. The monoisotopic (exact) mass is 464 g/mol. The van der Waals surface area contributed by atoms with Crippen LogP contribution in [-0.4, -0.2) is 51.4 Å². The van der Waals surface area contributed by atoms with E-state index in [1.807, 2.05) is 6.07 Å². The van der Waals surface area contributed by atoms with Crippen molar-refractivity contribution >= 4 is 35.1 Å². The number of aliphatic hydroxyl groups excluding tert-OH is 2. The van der Waals surface area contributed by atoms with Gasteiger partial charge in [0.15, 0.2) is 6.23 Å². The Morgan fingerprint density at radius 2 is 1.87 bits per heavy atom. The Morgan fingerprint density at radius 3 is 2.58 bits per heavy atom. The first-order chi connectivity index (χ1) is 14.8. The molecule has 4 N–H and O–H groups in total. The summed E-state index contributed by atoms with van der Waals surface area (Å²) in [6, 6.07) is 11.8. The normalized spacial score (nSPS) is 16.5. The average Bonchev–Trinajstić information content (AvgIpc) is 3.02. The lowest BCUT2D eigenvalue weighted by Crippen LogP contribution is -2.33. The van der Waals surface area contributed by atoms with Crippen LogP contribution in [0.25, 0.3) is 0 Å². The van der Waals surface area contributed by atoms with E-state index in [0.717, 1.165) is 5.56 Å². The van der Waals surface area contributed by atoms with E-state index in [2.05, 4.69) is 5.32 Å². The van der Waals surface area contributed by atoms with Crippen molar-refractivity contribution in [1.82, 2.24) is 10.2 Å². The van der Waals surface area contributed by atoms with Gasteiger partial charge in [-0.1, -0.05) is 47.5 Å². The molecule has 9 heteroatoms. The lowest BCUT2D eigenvalue weighted by Gasteiger charge is -2.21. The molecule has 1 unspecified atom stereocenters. The highest BCUT2D eigenvalue weighted by Crippen LogP contribution is 2.25. The van der Waals surface area contributed by atoms with Gasteiger partial charge in [0, 0.05) is 19.6 Å². The quantitative estimate of drug-likeness (QED) is 0.445. The van der Waals surface area contributed by atoms with Gasteiger partial charge < -0.3 is 20.6 Å². The zero-order valence-electron chi connectivity index (χ0n) is 16.5. The number of benzene rings is 2. The Kier molecular flexibility index (Phi) is 7.56. The van der Waals surface area contributed by atoms with Crippen LogP contribution in [0.1, 0.15) is 27.9 Å². The predicted octanol–water partition coefficient (Wildman–Crippen LogP) is 3.39. The van der Waals surface area contributed by atoms with Crippen LogP contribution in [0.5, 0.6) is 0 Å². The number of aliphatic hydroxyl groups is 2. The third-order valence-corrected chi connectivity index (χ3v) is 5.81. The molecular formula is C22H22Cl2N2O5. The molecular weight excluding hydrogens is 443 g/mol. The number of aromatic carboxylic acids is 1. The Bertz CT molecular complexity index is 1020.